The molecule has 0 aliphatic carbocycles. The molecule has 0 aliphatic rings. The number of H-pyrrole nitrogens is 1. The first-order valence-electron chi connectivity index (χ1n) is 5.24. The Balaban J connectivity index is 2.48. The summed E-state index contributed by atoms with van der Waals surface area (Å²) in [4.78, 5) is 13.8. The van der Waals surface area contributed by atoms with Gasteiger partial charge in [0.05, 0.1) is 11.4 Å². The van der Waals surface area contributed by atoms with E-state index >= 15 is 0 Å². The summed E-state index contributed by atoms with van der Waals surface area (Å²) < 4.78 is 0. The lowest BCUT2D eigenvalue weighted by molar-refractivity contribution is -0.137. The Kier molecular flexibility index (Phi) is 3.09. The SMILES string of the molecule is Cc1cc2c(Cl)c(C(N)CC(=O)O)ccc2[nH]1. The molecule has 0 saturated heterocycles. The fourth-order valence-electron chi connectivity index (χ4n) is 1.91. The predicted octanol–water partition coefficient (Wildman–Crippen LogP) is 2.60. The van der Waals surface area contributed by atoms with Crippen molar-refractivity contribution in [3.05, 3.63) is 34.5 Å². The van der Waals surface area contributed by atoms with Crippen molar-refractivity contribution >= 4 is 28.5 Å². The summed E-state index contributed by atoms with van der Waals surface area (Å²) in [6.07, 6.45) is -0.130. The van der Waals surface area contributed by atoms with Crippen LogP contribution in [0.3, 0.4) is 0 Å². The monoisotopic (exact) mass is 252 g/mol. The molecular formula is C12H13ClN2O2. The van der Waals surface area contributed by atoms with Crippen molar-refractivity contribution in [3.63, 3.8) is 0 Å². The fourth-order valence-corrected chi connectivity index (χ4v) is 2.27. The number of carboxylic acids is 1. The minimum absolute atomic E-state index is 0.130. The molecule has 4 N–H and O–H groups in total. The van der Waals surface area contributed by atoms with Crippen LogP contribution >= 0.6 is 11.6 Å². The number of hydrogen-bond acceptors (Lipinski definition) is 2. The van der Waals surface area contributed by atoms with Gasteiger partial charge in [-0.3, -0.25) is 4.79 Å². The third-order valence-corrected chi connectivity index (χ3v) is 3.12. The second-order valence-electron chi connectivity index (χ2n) is 4.09. The molecule has 1 heterocycles. The van der Waals surface area contributed by atoms with Crippen LogP contribution in [-0.2, 0) is 4.79 Å². The highest BCUT2D eigenvalue weighted by molar-refractivity contribution is 6.36. The van der Waals surface area contributed by atoms with Crippen LogP contribution in [0.15, 0.2) is 18.2 Å². The molecular weight excluding hydrogens is 240 g/mol. The molecule has 4 nitrogen and oxygen atoms in total. The first kappa shape index (κ1) is 12.0. The van der Waals surface area contributed by atoms with E-state index in [2.05, 4.69) is 4.98 Å². The van der Waals surface area contributed by atoms with Crippen molar-refractivity contribution in [1.82, 2.24) is 4.98 Å². The van der Waals surface area contributed by atoms with Gasteiger partial charge in [-0.25, -0.2) is 0 Å². The minimum atomic E-state index is -0.932. The zero-order valence-electron chi connectivity index (χ0n) is 9.33. The number of hydrogen-bond donors (Lipinski definition) is 3. The van der Waals surface area contributed by atoms with Gasteiger partial charge in [-0.05, 0) is 24.6 Å². The summed E-state index contributed by atoms with van der Waals surface area (Å²) in [7, 11) is 0. The van der Waals surface area contributed by atoms with Crippen LogP contribution in [0.1, 0.15) is 23.7 Å². The average molecular weight is 253 g/mol. The number of aliphatic carboxylic acids is 1. The van der Waals surface area contributed by atoms with E-state index in [0.29, 0.717) is 10.6 Å². The smallest absolute Gasteiger partial charge is 0.305 e. The molecule has 0 aliphatic heterocycles. The average Bonchev–Trinajstić information content (AvgIpc) is 2.58. The van der Waals surface area contributed by atoms with Crippen molar-refractivity contribution in [2.75, 3.05) is 0 Å². The predicted molar refractivity (Wildman–Crippen MR) is 67.2 cm³/mol. The van der Waals surface area contributed by atoms with Crippen molar-refractivity contribution < 1.29 is 9.90 Å². The van der Waals surface area contributed by atoms with Crippen LogP contribution < -0.4 is 5.73 Å². The van der Waals surface area contributed by atoms with Crippen LogP contribution in [0.4, 0.5) is 0 Å². The Labute approximate surface area is 103 Å². The van der Waals surface area contributed by atoms with E-state index in [4.69, 9.17) is 22.4 Å². The lowest BCUT2D eigenvalue weighted by Crippen LogP contribution is -2.15. The van der Waals surface area contributed by atoms with Crippen LogP contribution in [0.25, 0.3) is 10.9 Å². The van der Waals surface area contributed by atoms with Crippen molar-refractivity contribution in [1.29, 1.82) is 0 Å². The summed E-state index contributed by atoms with van der Waals surface area (Å²) in [6, 6.07) is 4.98. The molecule has 1 aromatic carbocycles. The first-order valence-corrected chi connectivity index (χ1v) is 5.62. The van der Waals surface area contributed by atoms with Gasteiger partial charge in [-0.2, -0.15) is 0 Å². The Hall–Kier alpha value is -1.52. The van der Waals surface area contributed by atoms with E-state index in [-0.39, 0.29) is 6.42 Å². The van der Waals surface area contributed by atoms with Gasteiger partial charge in [-0.1, -0.05) is 17.7 Å². The molecule has 0 radical (unpaired) electrons. The summed E-state index contributed by atoms with van der Waals surface area (Å²) in [6.45, 7) is 1.94. The van der Waals surface area contributed by atoms with Crippen molar-refractivity contribution in [2.24, 2.45) is 5.73 Å². The lowest BCUT2D eigenvalue weighted by atomic mass is 10.0. The highest BCUT2D eigenvalue weighted by atomic mass is 35.5. The number of aromatic amines is 1. The summed E-state index contributed by atoms with van der Waals surface area (Å²) >= 11 is 6.24. The van der Waals surface area contributed by atoms with E-state index in [9.17, 15) is 4.79 Å². The molecule has 5 heteroatoms. The van der Waals surface area contributed by atoms with Gasteiger partial charge in [0, 0.05) is 22.6 Å². The molecule has 0 spiro atoms. The summed E-state index contributed by atoms with van der Waals surface area (Å²) in [5, 5.41) is 10.1. The van der Waals surface area contributed by atoms with Crippen LogP contribution in [0.2, 0.25) is 5.02 Å². The van der Waals surface area contributed by atoms with Gasteiger partial charge >= 0.3 is 5.97 Å². The highest BCUT2D eigenvalue weighted by Crippen LogP contribution is 2.31. The van der Waals surface area contributed by atoms with Crippen LogP contribution in [0, 0.1) is 6.92 Å². The number of fused-ring (bicyclic) bond motifs is 1. The second-order valence-corrected chi connectivity index (χ2v) is 4.46. The molecule has 1 atom stereocenters. The Morgan fingerprint density at radius 2 is 2.29 bits per heavy atom. The molecule has 2 aromatic rings. The highest BCUT2D eigenvalue weighted by Gasteiger charge is 2.16. The standard InChI is InChI=1S/C12H13ClN2O2/c1-6-4-8-10(15-6)3-2-7(12(8)13)9(14)5-11(16)17/h2-4,9,15H,5,14H2,1H3,(H,16,17). The van der Waals surface area contributed by atoms with Crippen LogP contribution in [-0.4, -0.2) is 16.1 Å². The number of rotatable bonds is 3. The molecule has 90 valence electrons. The van der Waals surface area contributed by atoms with Gasteiger partial charge in [0.25, 0.3) is 0 Å². The Morgan fingerprint density at radius 1 is 1.59 bits per heavy atom. The van der Waals surface area contributed by atoms with Gasteiger partial charge in [0.1, 0.15) is 0 Å². The molecule has 0 saturated carbocycles. The first-order chi connectivity index (χ1) is 7.99. The van der Waals surface area contributed by atoms with Gasteiger partial charge in [0.15, 0.2) is 0 Å². The normalized spacial score (nSPS) is 12.9. The van der Waals surface area contributed by atoms with Crippen molar-refractivity contribution in [3.8, 4) is 0 Å². The Morgan fingerprint density at radius 3 is 2.94 bits per heavy atom. The topological polar surface area (TPSA) is 79.1 Å². The van der Waals surface area contributed by atoms with Crippen molar-refractivity contribution in [2.45, 2.75) is 19.4 Å². The largest absolute Gasteiger partial charge is 0.481 e. The van der Waals surface area contributed by atoms with E-state index < -0.39 is 12.0 Å². The molecule has 0 amide bonds. The number of nitrogens with one attached hydrogen (secondary N) is 1. The summed E-state index contributed by atoms with van der Waals surface area (Å²) in [5.74, 6) is -0.932. The van der Waals surface area contributed by atoms with E-state index in [1.54, 1.807) is 6.07 Å². The number of aromatic nitrogens is 1. The number of nitrogens with two attached hydrogens (primary N) is 1. The maximum Gasteiger partial charge on any atom is 0.305 e. The van der Waals surface area contributed by atoms with Gasteiger partial charge < -0.3 is 15.8 Å². The number of aryl methyl sites for hydroxylation is 1. The molecule has 2 rings (SSSR count). The van der Waals surface area contributed by atoms with Gasteiger partial charge in [-0.15, -0.1) is 0 Å². The Bertz CT molecular complexity index is 577. The fraction of sp³-hybridized carbons (Fsp3) is 0.250. The zero-order valence-corrected chi connectivity index (χ0v) is 10.1. The van der Waals surface area contributed by atoms with E-state index in [1.165, 1.54) is 0 Å². The number of carbonyl (C=O) groups is 1. The zero-order chi connectivity index (χ0) is 12.6. The molecule has 1 unspecified atom stereocenters. The molecule has 17 heavy (non-hydrogen) atoms. The molecule has 0 fully saturated rings. The third-order valence-electron chi connectivity index (χ3n) is 2.70. The van der Waals surface area contributed by atoms with E-state index in [0.717, 1.165) is 16.6 Å². The lowest BCUT2D eigenvalue weighted by Gasteiger charge is -2.11. The quantitative estimate of drug-likeness (QED) is 0.786. The number of halogens is 1. The maximum absolute atomic E-state index is 10.6. The van der Waals surface area contributed by atoms with Crippen LogP contribution in [0.5, 0.6) is 0 Å². The molecule has 1 aromatic heterocycles. The minimum Gasteiger partial charge on any atom is -0.481 e. The summed E-state index contributed by atoms with van der Waals surface area (Å²) in [5.41, 5.74) is 8.42. The van der Waals surface area contributed by atoms with E-state index in [1.807, 2.05) is 19.1 Å². The third kappa shape index (κ3) is 2.28. The number of benzene rings is 1. The molecule has 0 bridgehead atoms. The maximum atomic E-state index is 10.6. The number of carboxylic acid groups (broad SMARTS) is 1. The van der Waals surface area contributed by atoms with Gasteiger partial charge in [0.2, 0.25) is 0 Å². The second kappa shape index (κ2) is 4.39.